The Hall–Kier alpha value is -2.19. The minimum absolute atomic E-state index is 0.0135. The van der Waals surface area contributed by atoms with Crippen LogP contribution in [0.3, 0.4) is 0 Å². The van der Waals surface area contributed by atoms with Gasteiger partial charge in [-0.3, -0.25) is 4.68 Å². The SMILES string of the molecule is CCCn1nccc1S(=O)(=O)N1CCC[C@@H](c2cccc(C(=O)O)c2)C1. The summed E-state index contributed by atoms with van der Waals surface area (Å²) in [5.74, 6) is -0.990. The Morgan fingerprint density at radius 2 is 2.15 bits per heavy atom. The molecular weight excluding hydrogens is 354 g/mol. The van der Waals surface area contributed by atoms with Crippen LogP contribution in [0.4, 0.5) is 0 Å². The molecule has 1 aromatic heterocycles. The topological polar surface area (TPSA) is 92.5 Å². The fraction of sp³-hybridized carbons (Fsp3) is 0.444. The second-order valence-electron chi connectivity index (χ2n) is 6.53. The van der Waals surface area contributed by atoms with Gasteiger partial charge in [0.1, 0.15) is 0 Å². The van der Waals surface area contributed by atoms with Crippen molar-refractivity contribution in [3.63, 3.8) is 0 Å². The van der Waals surface area contributed by atoms with Gasteiger partial charge in [-0.1, -0.05) is 19.1 Å². The third kappa shape index (κ3) is 3.66. The van der Waals surface area contributed by atoms with Crippen molar-refractivity contribution >= 4 is 16.0 Å². The van der Waals surface area contributed by atoms with Crippen LogP contribution in [0, 0.1) is 0 Å². The molecule has 1 aliphatic heterocycles. The van der Waals surface area contributed by atoms with E-state index in [0.717, 1.165) is 24.8 Å². The smallest absolute Gasteiger partial charge is 0.335 e. The van der Waals surface area contributed by atoms with Crippen molar-refractivity contribution in [2.75, 3.05) is 13.1 Å². The van der Waals surface area contributed by atoms with Crippen molar-refractivity contribution in [2.45, 2.75) is 43.7 Å². The van der Waals surface area contributed by atoms with Gasteiger partial charge in [-0.2, -0.15) is 9.40 Å². The lowest BCUT2D eigenvalue weighted by molar-refractivity contribution is 0.0696. The summed E-state index contributed by atoms with van der Waals surface area (Å²) in [6, 6.07) is 8.31. The molecule has 0 saturated carbocycles. The second-order valence-corrected chi connectivity index (χ2v) is 8.41. The predicted octanol–water partition coefficient (Wildman–Crippen LogP) is 2.56. The molecule has 1 aliphatic rings. The number of carboxylic acids is 1. The van der Waals surface area contributed by atoms with E-state index in [1.807, 2.05) is 13.0 Å². The Labute approximate surface area is 153 Å². The number of hydrogen-bond donors (Lipinski definition) is 1. The number of aromatic nitrogens is 2. The van der Waals surface area contributed by atoms with E-state index in [4.69, 9.17) is 0 Å². The van der Waals surface area contributed by atoms with Crippen molar-refractivity contribution in [1.29, 1.82) is 0 Å². The molecule has 2 aromatic rings. The minimum atomic E-state index is -3.62. The first-order valence-corrected chi connectivity index (χ1v) is 10.2. The molecule has 0 unspecified atom stereocenters. The average Bonchev–Trinajstić information content (AvgIpc) is 3.11. The maximum Gasteiger partial charge on any atom is 0.335 e. The van der Waals surface area contributed by atoms with Crippen LogP contribution in [0.2, 0.25) is 0 Å². The van der Waals surface area contributed by atoms with Crippen LogP contribution in [-0.2, 0) is 16.6 Å². The van der Waals surface area contributed by atoms with E-state index in [1.54, 1.807) is 24.3 Å². The van der Waals surface area contributed by atoms with Gasteiger partial charge in [0.05, 0.1) is 11.8 Å². The summed E-state index contributed by atoms with van der Waals surface area (Å²) in [6.07, 6.45) is 3.89. The number of carbonyl (C=O) groups is 1. The van der Waals surface area contributed by atoms with Gasteiger partial charge in [0, 0.05) is 19.6 Å². The van der Waals surface area contributed by atoms with E-state index in [2.05, 4.69) is 5.10 Å². The van der Waals surface area contributed by atoms with Gasteiger partial charge in [-0.15, -0.1) is 0 Å². The maximum absolute atomic E-state index is 13.1. The number of nitrogens with zero attached hydrogens (tertiary/aromatic N) is 3. The van der Waals surface area contributed by atoms with Gasteiger partial charge in [0.25, 0.3) is 10.0 Å². The zero-order chi connectivity index (χ0) is 18.7. The number of aromatic carboxylic acids is 1. The van der Waals surface area contributed by atoms with E-state index in [1.165, 1.54) is 15.2 Å². The molecule has 8 heteroatoms. The molecule has 26 heavy (non-hydrogen) atoms. The van der Waals surface area contributed by atoms with Crippen LogP contribution in [-0.4, -0.2) is 46.7 Å². The van der Waals surface area contributed by atoms with Crippen LogP contribution in [0.5, 0.6) is 0 Å². The average molecular weight is 377 g/mol. The molecule has 1 N–H and O–H groups in total. The maximum atomic E-state index is 13.1. The van der Waals surface area contributed by atoms with Crippen LogP contribution in [0.1, 0.15) is 48.0 Å². The highest BCUT2D eigenvalue weighted by Gasteiger charge is 2.33. The van der Waals surface area contributed by atoms with Gasteiger partial charge in [0.2, 0.25) is 0 Å². The molecule has 1 atom stereocenters. The number of carboxylic acid groups (broad SMARTS) is 1. The van der Waals surface area contributed by atoms with Gasteiger partial charge < -0.3 is 5.11 Å². The summed E-state index contributed by atoms with van der Waals surface area (Å²) in [6.45, 7) is 3.35. The summed E-state index contributed by atoms with van der Waals surface area (Å²) in [7, 11) is -3.62. The molecule has 1 saturated heterocycles. The fourth-order valence-electron chi connectivity index (χ4n) is 3.41. The summed E-state index contributed by atoms with van der Waals surface area (Å²) in [5.41, 5.74) is 1.09. The van der Waals surface area contributed by atoms with E-state index >= 15 is 0 Å². The molecular formula is C18H23N3O4S. The zero-order valence-electron chi connectivity index (χ0n) is 14.7. The lowest BCUT2D eigenvalue weighted by atomic mass is 9.91. The number of aryl methyl sites for hydroxylation is 1. The van der Waals surface area contributed by atoms with Crippen LogP contribution >= 0.6 is 0 Å². The molecule has 1 fully saturated rings. The molecule has 7 nitrogen and oxygen atoms in total. The van der Waals surface area contributed by atoms with Crippen molar-refractivity contribution in [3.05, 3.63) is 47.7 Å². The number of piperidine rings is 1. The van der Waals surface area contributed by atoms with E-state index < -0.39 is 16.0 Å². The third-order valence-electron chi connectivity index (χ3n) is 4.71. The summed E-state index contributed by atoms with van der Waals surface area (Å²) in [5, 5.41) is 13.5. The molecule has 0 amide bonds. The van der Waals surface area contributed by atoms with E-state index in [-0.39, 0.29) is 16.5 Å². The highest BCUT2D eigenvalue weighted by Crippen LogP contribution is 2.30. The fourth-order valence-corrected chi connectivity index (χ4v) is 5.06. The van der Waals surface area contributed by atoms with Gasteiger partial charge in [-0.25, -0.2) is 13.2 Å². The van der Waals surface area contributed by atoms with Gasteiger partial charge in [0.15, 0.2) is 5.03 Å². The lowest BCUT2D eigenvalue weighted by Crippen LogP contribution is -2.40. The Balaban J connectivity index is 1.85. The van der Waals surface area contributed by atoms with Gasteiger partial charge in [-0.05, 0) is 48.9 Å². The standard InChI is InChI=1S/C18H23N3O4S/c1-2-10-21-17(8-9-19-21)26(24,25)20-11-4-7-16(13-20)14-5-3-6-15(12-14)18(22)23/h3,5-6,8-9,12,16H,2,4,7,10-11,13H2,1H3,(H,22,23)/t16-/m1/s1. The number of benzene rings is 1. The Bertz CT molecular complexity index is 891. The molecule has 1 aromatic carbocycles. The summed E-state index contributed by atoms with van der Waals surface area (Å²) >= 11 is 0. The minimum Gasteiger partial charge on any atom is -0.478 e. The molecule has 0 radical (unpaired) electrons. The Morgan fingerprint density at radius 1 is 1.35 bits per heavy atom. The molecule has 3 rings (SSSR count). The molecule has 140 valence electrons. The molecule has 2 heterocycles. The highest BCUT2D eigenvalue weighted by molar-refractivity contribution is 7.89. The van der Waals surface area contributed by atoms with Crippen molar-refractivity contribution in [2.24, 2.45) is 0 Å². The zero-order valence-corrected chi connectivity index (χ0v) is 15.5. The first-order valence-electron chi connectivity index (χ1n) is 8.78. The predicted molar refractivity (Wildman–Crippen MR) is 96.7 cm³/mol. The quantitative estimate of drug-likeness (QED) is 0.835. The second kappa shape index (κ2) is 7.59. The largest absolute Gasteiger partial charge is 0.478 e. The third-order valence-corrected chi connectivity index (χ3v) is 6.59. The van der Waals surface area contributed by atoms with Crippen molar-refractivity contribution in [1.82, 2.24) is 14.1 Å². The molecule has 0 bridgehead atoms. The monoisotopic (exact) mass is 377 g/mol. The van der Waals surface area contributed by atoms with Crippen LogP contribution in [0.25, 0.3) is 0 Å². The van der Waals surface area contributed by atoms with E-state index in [9.17, 15) is 18.3 Å². The normalized spacial score (nSPS) is 18.7. The first-order chi connectivity index (χ1) is 12.4. The molecule has 0 spiro atoms. The molecule has 0 aliphatic carbocycles. The first kappa shape index (κ1) is 18.6. The number of sulfonamides is 1. The number of rotatable bonds is 6. The number of hydrogen-bond acceptors (Lipinski definition) is 4. The van der Waals surface area contributed by atoms with Crippen LogP contribution in [0.15, 0.2) is 41.6 Å². The Kier molecular flexibility index (Phi) is 5.43. The van der Waals surface area contributed by atoms with Crippen LogP contribution < -0.4 is 0 Å². The Morgan fingerprint density at radius 3 is 2.88 bits per heavy atom. The summed E-state index contributed by atoms with van der Waals surface area (Å²) < 4.78 is 29.2. The van der Waals surface area contributed by atoms with Crippen molar-refractivity contribution in [3.8, 4) is 0 Å². The lowest BCUT2D eigenvalue weighted by Gasteiger charge is -2.32. The summed E-state index contributed by atoms with van der Waals surface area (Å²) in [4.78, 5) is 11.2. The highest BCUT2D eigenvalue weighted by atomic mass is 32.2. The van der Waals surface area contributed by atoms with Gasteiger partial charge >= 0.3 is 5.97 Å². The van der Waals surface area contributed by atoms with E-state index in [0.29, 0.717) is 19.6 Å². The van der Waals surface area contributed by atoms with Crippen molar-refractivity contribution < 1.29 is 18.3 Å².